The van der Waals surface area contributed by atoms with Crippen LogP contribution < -0.4 is 10.6 Å². The summed E-state index contributed by atoms with van der Waals surface area (Å²) >= 11 is 0. The van der Waals surface area contributed by atoms with Crippen molar-refractivity contribution in [1.29, 1.82) is 10.7 Å². The van der Waals surface area contributed by atoms with E-state index in [9.17, 15) is 0 Å². The Kier molecular flexibility index (Phi) is 4.54. The van der Waals surface area contributed by atoms with E-state index < -0.39 is 0 Å². The molecule has 0 radical (unpaired) electrons. The maximum atomic E-state index is 8.93. The Morgan fingerprint density at radius 2 is 2.40 bits per heavy atom. The highest BCUT2D eigenvalue weighted by atomic mass is 14.9. The highest BCUT2D eigenvalue weighted by molar-refractivity contribution is 6.10. The van der Waals surface area contributed by atoms with Crippen molar-refractivity contribution in [3.8, 4) is 6.07 Å². The summed E-state index contributed by atoms with van der Waals surface area (Å²) in [4.78, 5) is 0. The number of benzene rings is 1. The molecule has 2 rings (SSSR count). The molecule has 0 aromatic heterocycles. The lowest BCUT2D eigenvalue weighted by Crippen LogP contribution is -2.20. The molecule has 1 unspecified atom stereocenters. The zero-order valence-corrected chi connectivity index (χ0v) is 12.0. The van der Waals surface area contributed by atoms with Crippen LogP contribution in [0.15, 0.2) is 23.9 Å². The van der Waals surface area contributed by atoms with E-state index in [1.165, 1.54) is 6.21 Å². The van der Waals surface area contributed by atoms with Crippen molar-refractivity contribution in [2.75, 3.05) is 20.1 Å². The minimum atomic E-state index is 0.573. The summed E-state index contributed by atoms with van der Waals surface area (Å²) in [5.74, 6) is 0.573. The van der Waals surface area contributed by atoms with Gasteiger partial charge in [-0.2, -0.15) is 5.26 Å². The van der Waals surface area contributed by atoms with Gasteiger partial charge in [0.2, 0.25) is 0 Å². The monoisotopic (exact) mass is 268 g/mol. The quantitative estimate of drug-likeness (QED) is 0.732. The third-order valence-electron chi connectivity index (χ3n) is 3.70. The average Bonchev–Trinajstić information content (AvgIpc) is 2.90. The molecule has 0 bridgehead atoms. The number of nitrogens with one attached hydrogen (secondary N) is 3. The fourth-order valence-corrected chi connectivity index (χ4v) is 2.70. The standard InChI is InChI=1S/C16H20N4/c1-11-5-12(7-17)3-4-14(11)15(8-18)16-6-13(9-19-2)10-20-16/h3-5,8,13,18-20H,6,9-10H2,1-2H3/b16-15+,18-8?. The van der Waals surface area contributed by atoms with E-state index in [-0.39, 0.29) is 0 Å². The van der Waals surface area contributed by atoms with E-state index in [2.05, 4.69) is 16.7 Å². The summed E-state index contributed by atoms with van der Waals surface area (Å²) in [5.41, 5.74) is 4.80. The van der Waals surface area contributed by atoms with E-state index in [0.717, 1.165) is 41.9 Å². The lowest BCUT2D eigenvalue weighted by atomic mass is 9.96. The normalized spacial score (nSPS) is 20.1. The van der Waals surface area contributed by atoms with Crippen molar-refractivity contribution < 1.29 is 0 Å². The molecule has 1 fully saturated rings. The molecule has 0 amide bonds. The third kappa shape index (κ3) is 2.89. The Bertz CT molecular complexity index is 581. The van der Waals surface area contributed by atoms with Gasteiger partial charge in [0, 0.05) is 24.0 Å². The van der Waals surface area contributed by atoms with Crippen molar-refractivity contribution in [3.05, 3.63) is 40.6 Å². The molecule has 0 spiro atoms. The van der Waals surface area contributed by atoms with Crippen molar-refractivity contribution in [3.63, 3.8) is 0 Å². The van der Waals surface area contributed by atoms with Gasteiger partial charge < -0.3 is 16.0 Å². The number of hydrogen-bond acceptors (Lipinski definition) is 4. The van der Waals surface area contributed by atoms with Crippen molar-refractivity contribution >= 4 is 11.8 Å². The second-order valence-electron chi connectivity index (χ2n) is 5.19. The molecule has 3 N–H and O–H groups in total. The zero-order chi connectivity index (χ0) is 14.5. The van der Waals surface area contributed by atoms with Crippen LogP contribution in [0.5, 0.6) is 0 Å². The summed E-state index contributed by atoms with van der Waals surface area (Å²) in [6, 6.07) is 7.77. The van der Waals surface area contributed by atoms with Crippen LogP contribution in [0.25, 0.3) is 5.57 Å². The van der Waals surface area contributed by atoms with Crippen LogP contribution in [0, 0.1) is 29.6 Å². The summed E-state index contributed by atoms with van der Waals surface area (Å²) in [6.07, 6.45) is 2.38. The predicted molar refractivity (Wildman–Crippen MR) is 81.6 cm³/mol. The van der Waals surface area contributed by atoms with Gasteiger partial charge in [-0.25, -0.2) is 0 Å². The molecule has 0 aliphatic carbocycles. The van der Waals surface area contributed by atoms with Gasteiger partial charge in [0.05, 0.1) is 11.6 Å². The zero-order valence-electron chi connectivity index (χ0n) is 12.0. The molecule has 1 saturated heterocycles. The first-order valence-electron chi connectivity index (χ1n) is 6.82. The Morgan fingerprint density at radius 1 is 1.60 bits per heavy atom. The Balaban J connectivity index is 2.34. The molecule has 1 aromatic rings. The first-order valence-corrected chi connectivity index (χ1v) is 6.82. The maximum Gasteiger partial charge on any atom is 0.0991 e. The summed E-state index contributed by atoms with van der Waals surface area (Å²) in [6.45, 7) is 3.91. The fraction of sp³-hybridized carbons (Fsp3) is 0.375. The number of aryl methyl sites for hydroxylation is 1. The number of nitriles is 1. The maximum absolute atomic E-state index is 8.93. The number of nitrogens with zero attached hydrogens (tertiary/aromatic N) is 1. The smallest absolute Gasteiger partial charge is 0.0991 e. The van der Waals surface area contributed by atoms with E-state index in [0.29, 0.717) is 11.5 Å². The van der Waals surface area contributed by atoms with E-state index in [1.54, 1.807) is 0 Å². The lowest BCUT2D eigenvalue weighted by molar-refractivity contribution is 0.547. The van der Waals surface area contributed by atoms with Gasteiger partial charge in [-0.3, -0.25) is 0 Å². The molecule has 1 aromatic carbocycles. The summed E-state index contributed by atoms with van der Waals surface area (Å²) in [5, 5.41) is 23.3. The summed E-state index contributed by atoms with van der Waals surface area (Å²) < 4.78 is 0. The molecular weight excluding hydrogens is 248 g/mol. The first-order chi connectivity index (χ1) is 9.69. The molecule has 1 aliphatic rings. The molecule has 20 heavy (non-hydrogen) atoms. The van der Waals surface area contributed by atoms with E-state index >= 15 is 0 Å². The van der Waals surface area contributed by atoms with Crippen LogP contribution in [-0.4, -0.2) is 26.4 Å². The van der Waals surface area contributed by atoms with Crippen LogP contribution in [0.2, 0.25) is 0 Å². The van der Waals surface area contributed by atoms with Gasteiger partial charge in [0.15, 0.2) is 0 Å². The van der Waals surface area contributed by atoms with Crippen molar-refractivity contribution in [2.24, 2.45) is 5.92 Å². The van der Waals surface area contributed by atoms with Crippen LogP contribution in [0.1, 0.15) is 23.1 Å². The first kappa shape index (κ1) is 14.3. The van der Waals surface area contributed by atoms with Gasteiger partial charge in [-0.15, -0.1) is 0 Å². The van der Waals surface area contributed by atoms with Crippen LogP contribution in [0.3, 0.4) is 0 Å². The SMILES string of the molecule is CNCC1CN/C(=C(\C=N)c2ccc(C#N)cc2C)C1. The van der Waals surface area contributed by atoms with Crippen molar-refractivity contribution in [1.82, 2.24) is 10.6 Å². The van der Waals surface area contributed by atoms with Gasteiger partial charge in [-0.1, -0.05) is 6.07 Å². The third-order valence-corrected chi connectivity index (χ3v) is 3.70. The molecular formula is C16H20N4. The molecule has 1 aliphatic heterocycles. The molecule has 1 atom stereocenters. The number of hydrogen-bond donors (Lipinski definition) is 3. The van der Waals surface area contributed by atoms with Crippen molar-refractivity contribution in [2.45, 2.75) is 13.3 Å². The van der Waals surface area contributed by atoms with E-state index in [1.807, 2.05) is 32.2 Å². The topological polar surface area (TPSA) is 71.7 Å². The lowest BCUT2D eigenvalue weighted by Gasteiger charge is -2.11. The summed E-state index contributed by atoms with van der Waals surface area (Å²) in [7, 11) is 1.96. The molecule has 1 heterocycles. The number of rotatable bonds is 4. The second kappa shape index (κ2) is 6.36. The highest BCUT2D eigenvalue weighted by Crippen LogP contribution is 2.27. The number of allylic oxidation sites excluding steroid dienone is 2. The Labute approximate surface area is 120 Å². The Morgan fingerprint density at radius 3 is 3.00 bits per heavy atom. The van der Waals surface area contributed by atoms with Gasteiger partial charge in [0.25, 0.3) is 0 Å². The minimum absolute atomic E-state index is 0.573. The van der Waals surface area contributed by atoms with Crippen LogP contribution in [0.4, 0.5) is 0 Å². The Hall–Kier alpha value is -2.12. The fourth-order valence-electron chi connectivity index (χ4n) is 2.70. The molecule has 4 nitrogen and oxygen atoms in total. The van der Waals surface area contributed by atoms with E-state index in [4.69, 9.17) is 10.7 Å². The largest absolute Gasteiger partial charge is 0.387 e. The van der Waals surface area contributed by atoms with Gasteiger partial charge >= 0.3 is 0 Å². The average molecular weight is 268 g/mol. The molecule has 104 valence electrons. The predicted octanol–water partition coefficient (Wildman–Crippen LogP) is 2.06. The second-order valence-corrected chi connectivity index (χ2v) is 5.19. The van der Waals surface area contributed by atoms with Crippen LogP contribution in [-0.2, 0) is 0 Å². The molecule has 4 heteroatoms. The van der Waals surface area contributed by atoms with Crippen LogP contribution >= 0.6 is 0 Å². The van der Waals surface area contributed by atoms with Gasteiger partial charge in [-0.05, 0) is 56.1 Å². The molecule has 0 saturated carbocycles. The van der Waals surface area contributed by atoms with Gasteiger partial charge in [0.1, 0.15) is 0 Å². The highest BCUT2D eigenvalue weighted by Gasteiger charge is 2.21. The minimum Gasteiger partial charge on any atom is -0.387 e.